The third kappa shape index (κ3) is 2.84. The van der Waals surface area contributed by atoms with Gasteiger partial charge in [-0.15, -0.1) is 0 Å². The fourth-order valence-electron chi connectivity index (χ4n) is 3.89. The Balaban J connectivity index is 1.94. The molecule has 2 aromatic rings. The zero-order valence-corrected chi connectivity index (χ0v) is 15.5. The number of ketones is 1. The van der Waals surface area contributed by atoms with E-state index < -0.39 is 0 Å². The van der Waals surface area contributed by atoms with Gasteiger partial charge < -0.3 is 15.7 Å². The summed E-state index contributed by atoms with van der Waals surface area (Å²) in [6.45, 7) is 4.18. The maximum Gasteiger partial charge on any atom is 0.163 e. The van der Waals surface area contributed by atoms with E-state index in [9.17, 15) is 9.90 Å². The number of aromatic hydroxyl groups is 1. The van der Waals surface area contributed by atoms with Crippen LogP contribution in [0.15, 0.2) is 53.7 Å². The highest BCUT2D eigenvalue weighted by molar-refractivity contribution is 6.31. The van der Waals surface area contributed by atoms with Crippen molar-refractivity contribution in [2.75, 3.05) is 10.6 Å². The lowest BCUT2D eigenvalue weighted by Crippen LogP contribution is -2.31. The Hall–Kier alpha value is -2.46. The van der Waals surface area contributed by atoms with Crippen molar-refractivity contribution in [3.63, 3.8) is 0 Å². The van der Waals surface area contributed by atoms with Crippen molar-refractivity contribution in [1.29, 1.82) is 0 Å². The minimum absolute atomic E-state index is 0.105. The Morgan fingerprint density at radius 1 is 1.12 bits per heavy atom. The second-order valence-electron chi connectivity index (χ2n) is 7.76. The molecule has 2 aliphatic rings. The number of anilines is 2. The predicted octanol–water partition coefficient (Wildman–Crippen LogP) is 5.27. The number of nitrogens with one attached hydrogen (secondary N) is 2. The number of allylic oxidation sites excluding steroid dienone is 1. The van der Waals surface area contributed by atoms with Gasteiger partial charge in [-0.2, -0.15) is 0 Å². The first-order valence-corrected chi connectivity index (χ1v) is 9.10. The van der Waals surface area contributed by atoms with Crippen molar-refractivity contribution in [2.24, 2.45) is 5.41 Å². The number of phenols is 1. The monoisotopic (exact) mass is 368 g/mol. The highest BCUT2D eigenvalue weighted by atomic mass is 35.5. The van der Waals surface area contributed by atoms with Crippen molar-refractivity contribution in [3.05, 3.63) is 64.3 Å². The largest absolute Gasteiger partial charge is 0.506 e. The highest BCUT2D eigenvalue weighted by Crippen LogP contribution is 2.48. The molecule has 1 aliphatic heterocycles. The molecule has 5 heteroatoms. The molecule has 0 saturated carbocycles. The average molecular weight is 369 g/mol. The summed E-state index contributed by atoms with van der Waals surface area (Å²) in [5.41, 5.74) is 3.61. The van der Waals surface area contributed by atoms with Crippen LogP contribution in [0.1, 0.15) is 38.3 Å². The molecule has 4 rings (SSSR count). The summed E-state index contributed by atoms with van der Waals surface area (Å²) < 4.78 is 0. The van der Waals surface area contributed by atoms with Crippen LogP contribution in [0.2, 0.25) is 5.02 Å². The van der Waals surface area contributed by atoms with Gasteiger partial charge in [0.25, 0.3) is 0 Å². The van der Waals surface area contributed by atoms with Crippen molar-refractivity contribution in [1.82, 2.24) is 0 Å². The summed E-state index contributed by atoms with van der Waals surface area (Å²) in [5.74, 6) is 0.256. The molecule has 26 heavy (non-hydrogen) atoms. The van der Waals surface area contributed by atoms with Crippen LogP contribution < -0.4 is 10.6 Å². The zero-order chi connectivity index (χ0) is 18.5. The number of halogens is 1. The van der Waals surface area contributed by atoms with Crippen LogP contribution in [-0.2, 0) is 4.79 Å². The van der Waals surface area contributed by atoms with Gasteiger partial charge in [0.15, 0.2) is 5.78 Å². The first-order chi connectivity index (χ1) is 12.4. The highest BCUT2D eigenvalue weighted by Gasteiger charge is 2.39. The van der Waals surface area contributed by atoms with Gasteiger partial charge in [0.05, 0.1) is 11.7 Å². The normalized spacial score (nSPS) is 21.2. The van der Waals surface area contributed by atoms with E-state index in [0.29, 0.717) is 22.7 Å². The van der Waals surface area contributed by atoms with Gasteiger partial charge in [-0.05, 0) is 35.6 Å². The lowest BCUT2D eigenvalue weighted by atomic mass is 9.73. The van der Waals surface area contributed by atoms with Crippen LogP contribution in [0.3, 0.4) is 0 Å². The van der Waals surface area contributed by atoms with Gasteiger partial charge in [-0.3, -0.25) is 4.79 Å². The molecule has 1 aliphatic carbocycles. The van der Waals surface area contributed by atoms with E-state index in [-0.39, 0.29) is 23.0 Å². The first-order valence-electron chi connectivity index (χ1n) is 8.72. The molecule has 0 saturated heterocycles. The average Bonchev–Trinajstić information content (AvgIpc) is 2.72. The Morgan fingerprint density at radius 2 is 1.88 bits per heavy atom. The van der Waals surface area contributed by atoms with Crippen LogP contribution in [0.25, 0.3) is 0 Å². The molecule has 2 aromatic carbocycles. The van der Waals surface area contributed by atoms with E-state index in [2.05, 4.69) is 24.5 Å². The molecule has 1 unspecified atom stereocenters. The van der Waals surface area contributed by atoms with Gasteiger partial charge >= 0.3 is 0 Å². The molecule has 0 bridgehead atoms. The molecule has 0 aromatic heterocycles. The molecule has 0 amide bonds. The molecule has 1 heterocycles. The number of hydrogen-bond acceptors (Lipinski definition) is 4. The summed E-state index contributed by atoms with van der Waals surface area (Å²) in [6.07, 6.45) is 1.21. The van der Waals surface area contributed by atoms with Gasteiger partial charge in [0, 0.05) is 22.7 Å². The molecule has 134 valence electrons. The van der Waals surface area contributed by atoms with Gasteiger partial charge in [0.2, 0.25) is 0 Å². The minimum atomic E-state index is -0.363. The molecule has 0 spiro atoms. The van der Waals surface area contributed by atoms with Crippen molar-refractivity contribution in [2.45, 2.75) is 32.7 Å². The molecule has 1 atom stereocenters. The van der Waals surface area contributed by atoms with E-state index in [1.165, 1.54) is 0 Å². The Kier molecular flexibility index (Phi) is 3.96. The maximum absolute atomic E-state index is 13.1. The lowest BCUT2D eigenvalue weighted by Gasteiger charge is -2.34. The van der Waals surface area contributed by atoms with Crippen LogP contribution in [0, 0.1) is 5.41 Å². The maximum atomic E-state index is 13.1. The van der Waals surface area contributed by atoms with Crippen molar-refractivity contribution >= 4 is 28.8 Å². The lowest BCUT2D eigenvalue weighted by molar-refractivity contribution is -0.118. The van der Waals surface area contributed by atoms with E-state index in [1.54, 1.807) is 12.1 Å². The quantitative estimate of drug-likeness (QED) is 0.600. The van der Waals surface area contributed by atoms with Gasteiger partial charge in [-0.1, -0.05) is 49.7 Å². The minimum Gasteiger partial charge on any atom is -0.506 e. The first kappa shape index (κ1) is 17.0. The summed E-state index contributed by atoms with van der Waals surface area (Å²) in [6, 6.07) is 12.5. The fourth-order valence-corrected chi connectivity index (χ4v) is 4.14. The van der Waals surface area contributed by atoms with Crippen LogP contribution in [0.4, 0.5) is 11.4 Å². The number of benzene rings is 2. The van der Waals surface area contributed by atoms with Gasteiger partial charge in [-0.25, -0.2) is 0 Å². The second-order valence-corrected chi connectivity index (χ2v) is 8.16. The second kappa shape index (κ2) is 6.06. The number of carbonyl (C=O) groups is 1. The number of carbonyl (C=O) groups excluding carboxylic acids is 1. The summed E-state index contributed by atoms with van der Waals surface area (Å²) in [7, 11) is 0. The molecular formula is C21H21ClN2O2. The number of hydrogen-bond donors (Lipinski definition) is 3. The molecule has 0 fully saturated rings. The van der Waals surface area contributed by atoms with E-state index >= 15 is 0 Å². The van der Waals surface area contributed by atoms with Crippen LogP contribution in [0.5, 0.6) is 5.75 Å². The third-order valence-corrected chi connectivity index (χ3v) is 5.39. The van der Waals surface area contributed by atoms with Crippen LogP contribution in [-0.4, -0.2) is 10.9 Å². The number of Topliss-reactive ketones (excluding diaryl/α,β-unsaturated/α-hetero) is 1. The topological polar surface area (TPSA) is 61.4 Å². The number of fused-ring (bicyclic) bond motifs is 1. The molecule has 3 N–H and O–H groups in total. The van der Waals surface area contributed by atoms with Crippen LogP contribution >= 0.6 is 11.6 Å². The summed E-state index contributed by atoms with van der Waals surface area (Å²) in [4.78, 5) is 13.1. The smallest absolute Gasteiger partial charge is 0.163 e. The fraction of sp³-hybridized carbons (Fsp3) is 0.286. The molecular weight excluding hydrogens is 348 g/mol. The number of para-hydroxylation sites is 1. The Morgan fingerprint density at radius 3 is 2.65 bits per heavy atom. The Bertz CT molecular complexity index is 933. The standard InChI is InChI=1S/C21H21ClN2O2/c1-21(2)10-15-18(17(26)11-21)19(12-6-3-4-7-13(12)22)23-14-8-5-9-16(25)20(14)24-15/h3-9,19,23-25H,10-11H2,1-2H3. The van der Waals surface area contributed by atoms with Crippen molar-refractivity contribution in [3.8, 4) is 5.75 Å². The molecule has 0 radical (unpaired) electrons. The van der Waals surface area contributed by atoms with Gasteiger partial charge in [0.1, 0.15) is 11.4 Å². The summed E-state index contributed by atoms with van der Waals surface area (Å²) in [5, 5.41) is 17.7. The SMILES string of the molecule is CC1(C)CC(=O)C2=C(C1)Nc1c(O)cccc1NC2c1ccccc1Cl. The Labute approximate surface area is 157 Å². The zero-order valence-electron chi connectivity index (χ0n) is 14.8. The third-order valence-electron chi connectivity index (χ3n) is 5.04. The summed E-state index contributed by atoms with van der Waals surface area (Å²) >= 11 is 6.46. The number of phenolic OH excluding ortho intramolecular Hbond substituents is 1. The van der Waals surface area contributed by atoms with Crippen molar-refractivity contribution < 1.29 is 9.90 Å². The molecule has 4 nitrogen and oxygen atoms in total. The predicted molar refractivity (Wildman–Crippen MR) is 105 cm³/mol. The number of rotatable bonds is 1. The van der Waals surface area contributed by atoms with E-state index in [4.69, 9.17) is 11.6 Å². The van der Waals surface area contributed by atoms with E-state index in [0.717, 1.165) is 23.4 Å². The van der Waals surface area contributed by atoms with E-state index in [1.807, 2.05) is 30.3 Å².